The molecule has 7 heteroatoms. The number of aromatic nitrogens is 3. The van der Waals surface area contributed by atoms with Gasteiger partial charge < -0.3 is 9.64 Å². The Kier molecular flexibility index (Phi) is 7.03. The maximum atomic E-state index is 5.42. The summed E-state index contributed by atoms with van der Waals surface area (Å²) in [5, 5.41) is 0. The maximum absolute atomic E-state index is 5.42. The molecule has 2 aromatic heterocycles. The van der Waals surface area contributed by atoms with E-state index >= 15 is 0 Å². The summed E-state index contributed by atoms with van der Waals surface area (Å²) in [6.07, 6.45) is 8.42. The van der Waals surface area contributed by atoms with Crippen LogP contribution in [0.15, 0.2) is 36.8 Å². The zero-order chi connectivity index (χ0) is 19.9. The van der Waals surface area contributed by atoms with E-state index in [-0.39, 0.29) is 0 Å². The van der Waals surface area contributed by atoms with Gasteiger partial charge in [-0.3, -0.25) is 14.8 Å². The summed E-state index contributed by atoms with van der Waals surface area (Å²) < 4.78 is 5.42. The van der Waals surface area contributed by atoms with Crippen LogP contribution in [0.2, 0.25) is 0 Å². The van der Waals surface area contributed by atoms with E-state index in [2.05, 4.69) is 48.7 Å². The quantitative estimate of drug-likeness (QED) is 0.678. The van der Waals surface area contributed by atoms with E-state index in [9.17, 15) is 0 Å². The van der Waals surface area contributed by atoms with Crippen LogP contribution in [0.4, 0.5) is 5.95 Å². The number of likely N-dealkylation sites (N-methyl/N-ethyl adjacent to an activating group) is 1. The first-order chi connectivity index (χ1) is 14.3. The zero-order valence-electron chi connectivity index (χ0n) is 17.4. The van der Waals surface area contributed by atoms with Gasteiger partial charge in [-0.15, -0.1) is 0 Å². The van der Waals surface area contributed by atoms with Crippen LogP contribution >= 0.6 is 0 Å². The SMILES string of the molecule is CCN1CCC[C@H]1CN(Cc1cnc(N2CCOCC2)nc1)Cc1ccccn1. The summed E-state index contributed by atoms with van der Waals surface area (Å²) in [7, 11) is 0. The molecular formula is C22H32N6O. The number of anilines is 1. The first-order valence-electron chi connectivity index (χ1n) is 10.8. The predicted molar refractivity (Wildman–Crippen MR) is 114 cm³/mol. The van der Waals surface area contributed by atoms with Crippen LogP contribution in [-0.4, -0.2) is 76.7 Å². The van der Waals surface area contributed by atoms with Gasteiger partial charge in [-0.05, 0) is 38.1 Å². The van der Waals surface area contributed by atoms with E-state index in [1.807, 2.05) is 24.7 Å². The minimum atomic E-state index is 0.622. The highest BCUT2D eigenvalue weighted by Crippen LogP contribution is 2.20. The lowest BCUT2D eigenvalue weighted by atomic mass is 10.2. The van der Waals surface area contributed by atoms with E-state index in [1.165, 1.54) is 19.4 Å². The van der Waals surface area contributed by atoms with Gasteiger partial charge >= 0.3 is 0 Å². The normalized spacial score (nSPS) is 20.5. The average Bonchev–Trinajstić information content (AvgIpc) is 3.23. The van der Waals surface area contributed by atoms with Crippen molar-refractivity contribution >= 4 is 5.95 Å². The third-order valence-corrected chi connectivity index (χ3v) is 5.88. The van der Waals surface area contributed by atoms with Gasteiger partial charge in [0.25, 0.3) is 0 Å². The Labute approximate surface area is 173 Å². The van der Waals surface area contributed by atoms with Crippen LogP contribution in [0.5, 0.6) is 0 Å². The van der Waals surface area contributed by atoms with Gasteiger partial charge in [0.15, 0.2) is 0 Å². The second-order valence-electron chi connectivity index (χ2n) is 7.91. The average molecular weight is 397 g/mol. The number of rotatable bonds is 8. The summed E-state index contributed by atoms with van der Waals surface area (Å²) in [5.41, 5.74) is 2.26. The van der Waals surface area contributed by atoms with E-state index in [1.54, 1.807) is 0 Å². The molecule has 156 valence electrons. The molecule has 0 aliphatic carbocycles. The lowest BCUT2D eigenvalue weighted by Crippen LogP contribution is -2.40. The minimum Gasteiger partial charge on any atom is -0.378 e. The summed E-state index contributed by atoms with van der Waals surface area (Å²) in [6.45, 7) is 10.6. The van der Waals surface area contributed by atoms with Crippen LogP contribution in [0, 0.1) is 0 Å². The van der Waals surface area contributed by atoms with Gasteiger partial charge in [0.05, 0.1) is 18.9 Å². The molecule has 2 saturated heterocycles. The van der Waals surface area contributed by atoms with Crippen LogP contribution in [0.3, 0.4) is 0 Å². The molecule has 0 bridgehead atoms. The Bertz CT molecular complexity index is 735. The smallest absolute Gasteiger partial charge is 0.225 e. The van der Waals surface area contributed by atoms with Crippen molar-refractivity contribution in [3.05, 3.63) is 48.0 Å². The van der Waals surface area contributed by atoms with E-state index in [0.29, 0.717) is 6.04 Å². The summed E-state index contributed by atoms with van der Waals surface area (Å²) in [4.78, 5) is 21.1. The largest absolute Gasteiger partial charge is 0.378 e. The standard InChI is InChI=1S/C22H32N6O/c1-2-27-9-5-7-21(27)18-26(17-20-6-3-4-8-23-20)16-19-14-24-22(25-15-19)28-10-12-29-13-11-28/h3-4,6,8,14-15,21H,2,5,7,9-13,16-18H2,1H3/t21-/m0/s1. The molecule has 0 saturated carbocycles. The highest BCUT2D eigenvalue weighted by atomic mass is 16.5. The van der Waals surface area contributed by atoms with Gasteiger partial charge in [-0.1, -0.05) is 13.0 Å². The summed E-state index contributed by atoms with van der Waals surface area (Å²) in [6, 6.07) is 6.77. The van der Waals surface area contributed by atoms with Crippen molar-refractivity contribution in [2.45, 2.75) is 38.9 Å². The summed E-state index contributed by atoms with van der Waals surface area (Å²) >= 11 is 0. The molecule has 1 atom stereocenters. The first-order valence-corrected chi connectivity index (χ1v) is 10.8. The van der Waals surface area contributed by atoms with Crippen molar-refractivity contribution in [3.8, 4) is 0 Å². The van der Waals surface area contributed by atoms with Gasteiger partial charge in [0, 0.05) is 62.9 Å². The zero-order valence-corrected chi connectivity index (χ0v) is 17.4. The fraction of sp³-hybridized carbons (Fsp3) is 0.591. The first kappa shape index (κ1) is 20.2. The van der Waals surface area contributed by atoms with E-state index in [4.69, 9.17) is 4.74 Å². The number of ether oxygens (including phenoxy) is 1. The van der Waals surface area contributed by atoms with Crippen molar-refractivity contribution in [1.82, 2.24) is 24.8 Å². The highest BCUT2D eigenvalue weighted by Gasteiger charge is 2.25. The van der Waals surface area contributed by atoms with Gasteiger partial charge in [0.2, 0.25) is 5.95 Å². The Morgan fingerprint density at radius 1 is 1.07 bits per heavy atom. The molecule has 0 aromatic carbocycles. The summed E-state index contributed by atoms with van der Waals surface area (Å²) in [5.74, 6) is 0.807. The van der Waals surface area contributed by atoms with Crippen molar-refractivity contribution < 1.29 is 4.74 Å². The Hall–Kier alpha value is -2.09. The van der Waals surface area contributed by atoms with Crippen LogP contribution in [0.1, 0.15) is 31.0 Å². The minimum absolute atomic E-state index is 0.622. The van der Waals surface area contributed by atoms with Gasteiger partial charge in [-0.25, -0.2) is 9.97 Å². The van der Waals surface area contributed by atoms with Crippen LogP contribution < -0.4 is 4.90 Å². The lowest BCUT2D eigenvalue weighted by Gasteiger charge is -2.30. The fourth-order valence-corrected chi connectivity index (χ4v) is 4.34. The number of hydrogen-bond donors (Lipinski definition) is 0. The Balaban J connectivity index is 1.43. The Morgan fingerprint density at radius 2 is 1.90 bits per heavy atom. The Morgan fingerprint density at radius 3 is 2.62 bits per heavy atom. The van der Waals surface area contributed by atoms with E-state index in [0.717, 1.165) is 69.7 Å². The van der Waals surface area contributed by atoms with Crippen molar-refractivity contribution in [1.29, 1.82) is 0 Å². The third-order valence-electron chi connectivity index (χ3n) is 5.88. The van der Waals surface area contributed by atoms with Crippen LogP contribution in [0.25, 0.3) is 0 Å². The number of morpholine rings is 1. The number of likely N-dealkylation sites (tertiary alicyclic amines) is 1. The monoisotopic (exact) mass is 396 g/mol. The van der Waals surface area contributed by atoms with Crippen molar-refractivity contribution in [3.63, 3.8) is 0 Å². The maximum Gasteiger partial charge on any atom is 0.225 e. The third kappa shape index (κ3) is 5.50. The highest BCUT2D eigenvalue weighted by molar-refractivity contribution is 5.30. The topological polar surface area (TPSA) is 57.6 Å². The molecule has 0 spiro atoms. The molecule has 2 aliphatic rings. The predicted octanol–water partition coefficient (Wildman–Crippen LogP) is 2.19. The van der Waals surface area contributed by atoms with Crippen molar-refractivity contribution in [2.24, 2.45) is 0 Å². The van der Waals surface area contributed by atoms with Gasteiger partial charge in [-0.2, -0.15) is 0 Å². The molecule has 0 N–H and O–H groups in total. The van der Waals surface area contributed by atoms with Gasteiger partial charge in [0.1, 0.15) is 0 Å². The lowest BCUT2D eigenvalue weighted by molar-refractivity contribution is 0.122. The molecule has 29 heavy (non-hydrogen) atoms. The molecule has 4 rings (SSSR count). The molecule has 0 radical (unpaired) electrons. The molecule has 0 amide bonds. The molecule has 2 aliphatic heterocycles. The molecule has 2 aromatic rings. The molecule has 7 nitrogen and oxygen atoms in total. The molecule has 4 heterocycles. The molecule has 0 unspecified atom stereocenters. The van der Waals surface area contributed by atoms with E-state index < -0.39 is 0 Å². The number of nitrogens with zero attached hydrogens (tertiary/aromatic N) is 6. The van der Waals surface area contributed by atoms with Crippen LogP contribution in [-0.2, 0) is 17.8 Å². The molecular weight excluding hydrogens is 364 g/mol. The number of hydrogen-bond acceptors (Lipinski definition) is 7. The van der Waals surface area contributed by atoms with Crippen molar-refractivity contribution in [2.75, 3.05) is 50.8 Å². The fourth-order valence-electron chi connectivity index (χ4n) is 4.34. The molecule has 2 fully saturated rings. The number of pyridine rings is 1. The second-order valence-corrected chi connectivity index (χ2v) is 7.91. The second kappa shape index (κ2) is 10.1.